The fourth-order valence-electron chi connectivity index (χ4n) is 3.84. The van der Waals surface area contributed by atoms with Crippen LogP contribution >= 0.6 is 0 Å². The van der Waals surface area contributed by atoms with E-state index in [0.717, 1.165) is 24.4 Å². The van der Waals surface area contributed by atoms with Crippen molar-refractivity contribution in [2.75, 3.05) is 19.6 Å². The fraction of sp³-hybridized carbons (Fsp3) is 0.458. The summed E-state index contributed by atoms with van der Waals surface area (Å²) in [4.78, 5) is 15.0. The molecule has 1 aliphatic rings. The first-order valence-corrected chi connectivity index (χ1v) is 10.6. The lowest BCUT2D eigenvalue weighted by molar-refractivity contribution is 0.219. The average Bonchev–Trinajstić information content (AvgIpc) is 3.23. The molecule has 2 atom stereocenters. The Morgan fingerprint density at radius 3 is 2.38 bits per heavy atom. The highest BCUT2D eigenvalue weighted by atomic mass is 16.5. The third kappa shape index (κ3) is 6.23. The van der Waals surface area contributed by atoms with Crippen molar-refractivity contribution in [1.82, 2.24) is 15.5 Å². The van der Waals surface area contributed by atoms with Crippen molar-refractivity contribution >= 4 is 6.03 Å². The number of urea groups is 1. The molecule has 29 heavy (non-hydrogen) atoms. The van der Waals surface area contributed by atoms with Crippen LogP contribution in [0.1, 0.15) is 56.8 Å². The van der Waals surface area contributed by atoms with Gasteiger partial charge in [-0.3, -0.25) is 4.90 Å². The standard InChI is InChI=1S/C24H33N3O2/c1-18(2)29-22-13-9-12-21(16-22)19(3)26-24(28)25-17-23(27-14-7-8-15-27)20-10-5-4-6-11-20/h4-6,9-13,16,18-19,23H,7-8,14-15,17H2,1-3H3,(H2,25,26,28). The van der Waals surface area contributed by atoms with E-state index in [1.807, 2.05) is 51.1 Å². The van der Waals surface area contributed by atoms with Crippen LogP contribution < -0.4 is 15.4 Å². The number of amides is 2. The molecular formula is C24H33N3O2. The summed E-state index contributed by atoms with van der Waals surface area (Å²) < 4.78 is 5.76. The first-order valence-electron chi connectivity index (χ1n) is 10.6. The molecule has 0 aliphatic carbocycles. The predicted molar refractivity (Wildman–Crippen MR) is 117 cm³/mol. The van der Waals surface area contributed by atoms with Gasteiger partial charge in [0.1, 0.15) is 5.75 Å². The summed E-state index contributed by atoms with van der Waals surface area (Å²) in [7, 11) is 0. The molecule has 2 unspecified atom stereocenters. The van der Waals surface area contributed by atoms with Gasteiger partial charge < -0.3 is 15.4 Å². The van der Waals surface area contributed by atoms with Crippen LogP contribution in [0.3, 0.4) is 0 Å². The second kappa shape index (κ2) is 10.3. The van der Waals surface area contributed by atoms with Gasteiger partial charge in [0.05, 0.1) is 18.2 Å². The number of nitrogens with one attached hydrogen (secondary N) is 2. The highest BCUT2D eigenvalue weighted by molar-refractivity contribution is 5.74. The summed E-state index contributed by atoms with van der Waals surface area (Å²) in [5.41, 5.74) is 2.28. The average molecular weight is 396 g/mol. The molecule has 0 saturated carbocycles. The molecule has 3 rings (SSSR count). The van der Waals surface area contributed by atoms with Crippen molar-refractivity contribution < 1.29 is 9.53 Å². The molecule has 2 aromatic rings. The lowest BCUT2D eigenvalue weighted by atomic mass is 10.1. The number of carbonyl (C=O) groups excluding carboxylic acids is 1. The predicted octanol–water partition coefficient (Wildman–Crippen LogP) is 4.67. The molecule has 1 heterocycles. The van der Waals surface area contributed by atoms with Crippen molar-refractivity contribution in [2.24, 2.45) is 0 Å². The highest BCUT2D eigenvalue weighted by Gasteiger charge is 2.24. The van der Waals surface area contributed by atoms with Crippen molar-refractivity contribution in [3.8, 4) is 5.75 Å². The van der Waals surface area contributed by atoms with Gasteiger partial charge in [-0.25, -0.2) is 4.79 Å². The van der Waals surface area contributed by atoms with Crippen LogP contribution in [0, 0.1) is 0 Å². The highest BCUT2D eigenvalue weighted by Crippen LogP contribution is 2.24. The van der Waals surface area contributed by atoms with Crippen LogP contribution in [0.15, 0.2) is 54.6 Å². The number of hydrogen-bond donors (Lipinski definition) is 2. The first-order chi connectivity index (χ1) is 14.0. The van der Waals surface area contributed by atoms with E-state index in [9.17, 15) is 4.79 Å². The second-order valence-corrected chi connectivity index (χ2v) is 7.98. The molecule has 0 aromatic heterocycles. The smallest absolute Gasteiger partial charge is 0.315 e. The molecular weight excluding hydrogens is 362 g/mol. The van der Waals surface area contributed by atoms with Crippen LogP contribution in [-0.2, 0) is 0 Å². The van der Waals surface area contributed by atoms with Gasteiger partial charge in [-0.05, 0) is 70.0 Å². The van der Waals surface area contributed by atoms with Gasteiger partial charge in [-0.1, -0.05) is 42.5 Å². The third-order valence-corrected chi connectivity index (χ3v) is 5.30. The Morgan fingerprint density at radius 2 is 1.69 bits per heavy atom. The molecule has 2 aromatic carbocycles. The van der Waals surface area contributed by atoms with Gasteiger partial charge in [-0.2, -0.15) is 0 Å². The molecule has 1 saturated heterocycles. The Balaban J connectivity index is 1.57. The SMILES string of the molecule is CC(C)Oc1cccc(C(C)NC(=O)NCC(c2ccccc2)N2CCCC2)c1. The van der Waals surface area contributed by atoms with E-state index in [2.05, 4.69) is 39.8 Å². The number of likely N-dealkylation sites (tertiary alicyclic amines) is 1. The molecule has 0 bridgehead atoms. The molecule has 0 radical (unpaired) electrons. The number of benzene rings is 2. The quantitative estimate of drug-likeness (QED) is 0.683. The van der Waals surface area contributed by atoms with Crippen molar-refractivity contribution in [2.45, 2.75) is 51.8 Å². The van der Waals surface area contributed by atoms with Gasteiger partial charge in [0.15, 0.2) is 0 Å². The Morgan fingerprint density at radius 1 is 1.00 bits per heavy atom. The van der Waals surface area contributed by atoms with E-state index >= 15 is 0 Å². The minimum absolute atomic E-state index is 0.104. The zero-order valence-corrected chi connectivity index (χ0v) is 17.7. The molecule has 1 aliphatic heterocycles. The van der Waals surface area contributed by atoms with Crippen molar-refractivity contribution in [3.05, 3.63) is 65.7 Å². The largest absolute Gasteiger partial charge is 0.491 e. The van der Waals surface area contributed by atoms with Crippen LogP contribution in [-0.4, -0.2) is 36.7 Å². The van der Waals surface area contributed by atoms with E-state index in [1.54, 1.807) is 0 Å². The molecule has 5 heteroatoms. The minimum Gasteiger partial charge on any atom is -0.491 e. The molecule has 156 valence electrons. The van der Waals surface area contributed by atoms with Gasteiger partial charge in [0, 0.05) is 6.54 Å². The lowest BCUT2D eigenvalue weighted by Crippen LogP contribution is -2.42. The monoisotopic (exact) mass is 395 g/mol. The van der Waals surface area contributed by atoms with Gasteiger partial charge >= 0.3 is 6.03 Å². The second-order valence-electron chi connectivity index (χ2n) is 7.98. The number of ether oxygens (including phenoxy) is 1. The van der Waals surface area contributed by atoms with E-state index in [0.29, 0.717) is 6.54 Å². The third-order valence-electron chi connectivity index (χ3n) is 5.30. The summed E-state index contributed by atoms with van der Waals surface area (Å²) in [6.07, 6.45) is 2.57. The summed E-state index contributed by atoms with van der Waals surface area (Å²) in [5.74, 6) is 0.824. The summed E-state index contributed by atoms with van der Waals surface area (Å²) in [6, 6.07) is 18.3. The number of carbonyl (C=O) groups is 1. The topological polar surface area (TPSA) is 53.6 Å². The fourth-order valence-corrected chi connectivity index (χ4v) is 3.84. The molecule has 5 nitrogen and oxygen atoms in total. The maximum Gasteiger partial charge on any atom is 0.315 e. The molecule has 2 N–H and O–H groups in total. The van der Waals surface area contributed by atoms with Crippen LogP contribution in [0.2, 0.25) is 0 Å². The Bertz CT molecular complexity index is 773. The maximum atomic E-state index is 12.6. The number of hydrogen-bond acceptors (Lipinski definition) is 3. The summed E-state index contributed by atoms with van der Waals surface area (Å²) in [5, 5.41) is 6.13. The minimum atomic E-state index is -0.146. The van der Waals surface area contributed by atoms with Crippen LogP contribution in [0.25, 0.3) is 0 Å². The van der Waals surface area contributed by atoms with Gasteiger partial charge in [-0.15, -0.1) is 0 Å². The normalized spacial score (nSPS) is 16.4. The first kappa shape index (κ1) is 21.2. The zero-order valence-electron chi connectivity index (χ0n) is 17.7. The Labute approximate surface area is 174 Å². The molecule has 0 spiro atoms. The summed E-state index contributed by atoms with van der Waals surface area (Å²) in [6.45, 7) is 8.77. The van der Waals surface area contributed by atoms with Crippen molar-refractivity contribution in [1.29, 1.82) is 0 Å². The van der Waals surface area contributed by atoms with E-state index in [4.69, 9.17) is 4.74 Å². The van der Waals surface area contributed by atoms with E-state index in [-0.39, 0.29) is 24.2 Å². The van der Waals surface area contributed by atoms with Crippen molar-refractivity contribution in [3.63, 3.8) is 0 Å². The van der Waals surface area contributed by atoms with E-state index in [1.165, 1.54) is 18.4 Å². The molecule has 1 fully saturated rings. The zero-order chi connectivity index (χ0) is 20.6. The van der Waals surface area contributed by atoms with Crippen LogP contribution in [0.5, 0.6) is 5.75 Å². The lowest BCUT2D eigenvalue weighted by Gasteiger charge is -2.28. The Hall–Kier alpha value is -2.53. The van der Waals surface area contributed by atoms with Crippen LogP contribution in [0.4, 0.5) is 4.79 Å². The number of nitrogens with zero attached hydrogens (tertiary/aromatic N) is 1. The summed E-state index contributed by atoms with van der Waals surface area (Å²) >= 11 is 0. The van der Waals surface area contributed by atoms with E-state index < -0.39 is 0 Å². The maximum absolute atomic E-state index is 12.6. The Kier molecular flexibility index (Phi) is 7.53. The van der Waals surface area contributed by atoms with Gasteiger partial charge in [0.25, 0.3) is 0 Å². The number of rotatable bonds is 8. The van der Waals surface area contributed by atoms with Gasteiger partial charge in [0.2, 0.25) is 0 Å². The molecule has 2 amide bonds.